The molecule has 0 radical (unpaired) electrons. The van der Waals surface area contributed by atoms with E-state index in [0.717, 1.165) is 0 Å². The van der Waals surface area contributed by atoms with E-state index in [1.54, 1.807) is 0 Å². The van der Waals surface area contributed by atoms with Gasteiger partial charge in [0, 0.05) is 11.0 Å². The summed E-state index contributed by atoms with van der Waals surface area (Å²) >= 11 is 1.36. The Labute approximate surface area is 69.8 Å². The molecule has 2 atom stereocenters. The summed E-state index contributed by atoms with van der Waals surface area (Å²) in [5, 5.41) is 17.0. The number of nitrogens with two attached hydrogens (primary N) is 1. The Balaban J connectivity index is 3.45. The molecule has 4 N–H and O–H groups in total. The van der Waals surface area contributed by atoms with Crippen molar-refractivity contribution in [1.29, 1.82) is 0 Å². The van der Waals surface area contributed by atoms with Crippen LogP contribution in [0.2, 0.25) is 0 Å². The first-order valence-electron chi connectivity index (χ1n) is 3.28. The van der Waals surface area contributed by atoms with E-state index in [0.29, 0.717) is 5.75 Å². The summed E-state index contributed by atoms with van der Waals surface area (Å²) in [5.74, 6) is -0.653. The lowest BCUT2D eigenvalue weighted by molar-refractivity contribution is -0.137. The molecule has 0 aromatic rings. The largest absolute Gasteiger partial charge is 0.480 e. The Hall–Kier alpha value is -0.260. The van der Waals surface area contributed by atoms with Gasteiger partial charge in [-0.25, -0.2) is 0 Å². The monoisotopic (exact) mass is 179 g/mol. The third-order valence-corrected chi connectivity index (χ3v) is 2.40. The molecule has 0 rings (SSSR count). The zero-order valence-corrected chi connectivity index (χ0v) is 7.17. The second-order valence-electron chi connectivity index (χ2n) is 2.27. The molecule has 0 spiro atoms. The van der Waals surface area contributed by atoms with Crippen LogP contribution in [0.25, 0.3) is 0 Å². The average molecular weight is 179 g/mol. The first-order valence-corrected chi connectivity index (χ1v) is 4.33. The summed E-state index contributed by atoms with van der Waals surface area (Å²) in [6.45, 7) is 1.87. The Bertz CT molecular complexity index is 131. The molecule has 4 nitrogen and oxygen atoms in total. The number of thioether (sulfide) groups is 1. The van der Waals surface area contributed by atoms with Gasteiger partial charge in [0.1, 0.15) is 6.04 Å². The number of carboxylic acid groups (broad SMARTS) is 1. The van der Waals surface area contributed by atoms with E-state index >= 15 is 0 Å². The SMILES string of the molecule is C[C@H](CO)SC[C@H](N)C(=O)O. The highest BCUT2D eigenvalue weighted by Crippen LogP contribution is 2.09. The number of rotatable bonds is 5. The van der Waals surface area contributed by atoms with Crippen LogP contribution in [0.3, 0.4) is 0 Å². The van der Waals surface area contributed by atoms with Crippen molar-refractivity contribution in [2.45, 2.75) is 18.2 Å². The van der Waals surface area contributed by atoms with E-state index in [1.165, 1.54) is 11.8 Å². The predicted molar refractivity (Wildman–Crippen MR) is 44.6 cm³/mol. The highest BCUT2D eigenvalue weighted by atomic mass is 32.2. The van der Waals surface area contributed by atoms with E-state index in [1.807, 2.05) is 6.92 Å². The van der Waals surface area contributed by atoms with Crippen LogP contribution < -0.4 is 5.73 Å². The van der Waals surface area contributed by atoms with Crippen LogP contribution in [0.4, 0.5) is 0 Å². The molecule has 0 unspecified atom stereocenters. The normalized spacial score (nSPS) is 15.9. The third-order valence-electron chi connectivity index (χ3n) is 1.13. The van der Waals surface area contributed by atoms with E-state index < -0.39 is 12.0 Å². The Morgan fingerprint density at radius 3 is 2.64 bits per heavy atom. The number of carbonyl (C=O) groups is 1. The number of carboxylic acids is 1. The van der Waals surface area contributed by atoms with Gasteiger partial charge >= 0.3 is 5.97 Å². The summed E-state index contributed by atoms with van der Waals surface area (Å²) < 4.78 is 0. The quantitative estimate of drug-likeness (QED) is 0.530. The third kappa shape index (κ3) is 5.06. The fourth-order valence-electron chi connectivity index (χ4n) is 0.392. The van der Waals surface area contributed by atoms with Gasteiger partial charge in [0.25, 0.3) is 0 Å². The van der Waals surface area contributed by atoms with Crippen molar-refractivity contribution in [3.8, 4) is 0 Å². The van der Waals surface area contributed by atoms with Gasteiger partial charge in [0.15, 0.2) is 0 Å². The topological polar surface area (TPSA) is 83.5 Å². The maximum absolute atomic E-state index is 10.2. The van der Waals surface area contributed by atoms with Gasteiger partial charge in [-0.3, -0.25) is 4.79 Å². The van der Waals surface area contributed by atoms with Crippen molar-refractivity contribution in [2.24, 2.45) is 5.73 Å². The van der Waals surface area contributed by atoms with Gasteiger partial charge < -0.3 is 15.9 Å². The van der Waals surface area contributed by atoms with Crippen molar-refractivity contribution < 1.29 is 15.0 Å². The number of hydrogen-bond acceptors (Lipinski definition) is 4. The van der Waals surface area contributed by atoms with Crippen LogP contribution in [-0.2, 0) is 4.79 Å². The van der Waals surface area contributed by atoms with Crippen LogP contribution >= 0.6 is 11.8 Å². The van der Waals surface area contributed by atoms with Crippen LogP contribution in [0, 0.1) is 0 Å². The molecule has 0 aromatic heterocycles. The lowest BCUT2D eigenvalue weighted by Crippen LogP contribution is -2.33. The average Bonchev–Trinajstić information content (AvgIpc) is 1.99. The first-order chi connectivity index (χ1) is 5.07. The lowest BCUT2D eigenvalue weighted by atomic mass is 10.4. The molecule has 0 bridgehead atoms. The molecule has 0 aliphatic carbocycles. The van der Waals surface area contributed by atoms with Gasteiger partial charge in [-0.05, 0) is 0 Å². The van der Waals surface area contributed by atoms with Gasteiger partial charge in [-0.1, -0.05) is 6.92 Å². The Kier molecular flexibility index (Phi) is 5.27. The van der Waals surface area contributed by atoms with E-state index in [4.69, 9.17) is 15.9 Å². The summed E-state index contributed by atoms with van der Waals surface area (Å²) in [4.78, 5) is 10.2. The maximum atomic E-state index is 10.2. The Morgan fingerprint density at radius 1 is 1.73 bits per heavy atom. The number of hydrogen-bond donors (Lipinski definition) is 3. The molecule has 0 amide bonds. The summed E-state index contributed by atoms with van der Waals surface area (Å²) in [6, 6.07) is -0.825. The molecule has 5 heteroatoms. The minimum atomic E-state index is -0.998. The minimum Gasteiger partial charge on any atom is -0.480 e. The van der Waals surface area contributed by atoms with Crippen LogP contribution in [0.15, 0.2) is 0 Å². The number of aliphatic carboxylic acids is 1. The standard InChI is InChI=1S/C6H13NO3S/c1-4(2-8)11-3-5(7)6(9)10/h4-5,8H,2-3,7H2,1H3,(H,9,10)/t4-,5+/m1/s1. The lowest BCUT2D eigenvalue weighted by Gasteiger charge is -2.09. The number of aliphatic hydroxyl groups excluding tert-OH is 1. The van der Waals surface area contributed by atoms with Gasteiger partial charge in [-0.2, -0.15) is 11.8 Å². The molecule has 11 heavy (non-hydrogen) atoms. The molecule has 0 saturated carbocycles. The zero-order chi connectivity index (χ0) is 8.85. The van der Waals surface area contributed by atoms with Crippen LogP contribution in [0.1, 0.15) is 6.92 Å². The smallest absolute Gasteiger partial charge is 0.321 e. The van der Waals surface area contributed by atoms with Crippen molar-refractivity contribution in [2.75, 3.05) is 12.4 Å². The van der Waals surface area contributed by atoms with Gasteiger partial charge in [0.05, 0.1) is 6.61 Å². The molecule has 66 valence electrons. The van der Waals surface area contributed by atoms with Crippen molar-refractivity contribution in [3.63, 3.8) is 0 Å². The molecular formula is C6H13NO3S. The fourth-order valence-corrected chi connectivity index (χ4v) is 1.18. The fraction of sp³-hybridized carbons (Fsp3) is 0.833. The van der Waals surface area contributed by atoms with E-state index in [-0.39, 0.29) is 11.9 Å². The molecule has 0 fully saturated rings. The maximum Gasteiger partial charge on any atom is 0.321 e. The van der Waals surface area contributed by atoms with E-state index in [9.17, 15) is 4.79 Å². The number of aliphatic hydroxyl groups is 1. The minimum absolute atomic E-state index is 0.0526. The molecular weight excluding hydrogens is 166 g/mol. The molecule has 0 aliphatic rings. The second-order valence-corrected chi connectivity index (χ2v) is 3.74. The highest BCUT2D eigenvalue weighted by Gasteiger charge is 2.12. The van der Waals surface area contributed by atoms with Gasteiger partial charge in [-0.15, -0.1) is 0 Å². The van der Waals surface area contributed by atoms with Crippen molar-refractivity contribution in [3.05, 3.63) is 0 Å². The van der Waals surface area contributed by atoms with Gasteiger partial charge in [0.2, 0.25) is 0 Å². The first kappa shape index (κ1) is 10.7. The summed E-state index contributed by atoms with van der Waals surface area (Å²) in [5.41, 5.74) is 5.22. The molecule has 0 aromatic carbocycles. The molecule has 0 heterocycles. The van der Waals surface area contributed by atoms with Crippen LogP contribution in [0.5, 0.6) is 0 Å². The molecule has 0 aliphatic heterocycles. The second kappa shape index (κ2) is 5.40. The summed E-state index contributed by atoms with van der Waals surface area (Å²) in [6.07, 6.45) is 0. The zero-order valence-electron chi connectivity index (χ0n) is 6.36. The molecule has 0 saturated heterocycles. The van der Waals surface area contributed by atoms with Crippen molar-refractivity contribution in [1.82, 2.24) is 0 Å². The van der Waals surface area contributed by atoms with E-state index in [2.05, 4.69) is 0 Å². The van der Waals surface area contributed by atoms with Crippen LogP contribution in [-0.4, -0.2) is 39.8 Å². The Morgan fingerprint density at radius 2 is 2.27 bits per heavy atom. The highest BCUT2D eigenvalue weighted by molar-refractivity contribution is 7.99. The summed E-state index contributed by atoms with van der Waals surface area (Å²) in [7, 11) is 0. The van der Waals surface area contributed by atoms with Crippen molar-refractivity contribution >= 4 is 17.7 Å². The predicted octanol–water partition coefficient (Wildman–Crippen LogP) is -0.488.